The zero-order valence-corrected chi connectivity index (χ0v) is 14.6. The van der Waals surface area contributed by atoms with Crippen molar-refractivity contribution in [3.05, 3.63) is 91.0 Å². The van der Waals surface area contributed by atoms with E-state index in [9.17, 15) is 5.11 Å². The number of aromatic hydroxyl groups is 1. The van der Waals surface area contributed by atoms with Crippen molar-refractivity contribution in [1.29, 1.82) is 0 Å². The van der Waals surface area contributed by atoms with Gasteiger partial charge in [0.2, 0.25) is 0 Å². The third kappa shape index (κ3) is 2.18. The van der Waals surface area contributed by atoms with E-state index >= 15 is 0 Å². The van der Waals surface area contributed by atoms with Crippen LogP contribution in [0.5, 0.6) is 5.75 Å². The Morgan fingerprint density at radius 1 is 0.370 bits per heavy atom. The largest absolute Gasteiger partial charge is 0.507 e. The van der Waals surface area contributed by atoms with E-state index in [4.69, 9.17) is 0 Å². The molecule has 0 aliphatic rings. The van der Waals surface area contributed by atoms with Crippen molar-refractivity contribution in [2.75, 3.05) is 0 Å². The molecule has 27 heavy (non-hydrogen) atoms. The summed E-state index contributed by atoms with van der Waals surface area (Å²) in [5, 5.41) is 22.0. The van der Waals surface area contributed by atoms with E-state index in [1.807, 2.05) is 12.1 Å². The zero-order chi connectivity index (χ0) is 18.0. The Bertz CT molecular complexity index is 1530. The molecule has 1 N–H and O–H groups in total. The van der Waals surface area contributed by atoms with Gasteiger partial charge in [0.1, 0.15) is 5.75 Å². The SMILES string of the molecule is Oc1cccc2cc3cc4cc5cc6ccccc6cc5cc4cc3cc12. The number of hydrogen-bond donors (Lipinski definition) is 1. The van der Waals surface area contributed by atoms with Gasteiger partial charge < -0.3 is 5.11 Å². The lowest BCUT2D eigenvalue weighted by Gasteiger charge is -2.09. The highest BCUT2D eigenvalue weighted by atomic mass is 16.3. The lowest BCUT2D eigenvalue weighted by molar-refractivity contribution is 0.481. The lowest BCUT2D eigenvalue weighted by atomic mass is 9.96. The third-order valence-corrected chi connectivity index (χ3v) is 5.59. The number of benzene rings is 6. The van der Waals surface area contributed by atoms with Crippen LogP contribution in [0.15, 0.2) is 91.0 Å². The van der Waals surface area contributed by atoms with Gasteiger partial charge in [0.25, 0.3) is 0 Å². The molecule has 126 valence electrons. The van der Waals surface area contributed by atoms with Crippen molar-refractivity contribution in [3.63, 3.8) is 0 Å². The molecule has 0 heterocycles. The van der Waals surface area contributed by atoms with Gasteiger partial charge in [-0.25, -0.2) is 0 Å². The number of rotatable bonds is 0. The van der Waals surface area contributed by atoms with Gasteiger partial charge in [-0.2, -0.15) is 0 Å². The van der Waals surface area contributed by atoms with Gasteiger partial charge in [0, 0.05) is 5.39 Å². The van der Waals surface area contributed by atoms with Gasteiger partial charge in [-0.1, -0.05) is 36.4 Å². The average Bonchev–Trinajstić information content (AvgIpc) is 2.68. The molecule has 6 rings (SSSR count). The molecule has 0 aliphatic heterocycles. The molecule has 6 aromatic rings. The second-order valence-electron chi connectivity index (χ2n) is 7.30. The second kappa shape index (κ2) is 5.21. The Kier molecular flexibility index (Phi) is 2.81. The topological polar surface area (TPSA) is 20.2 Å². The van der Waals surface area contributed by atoms with Crippen LogP contribution in [-0.4, -0.2) is 5.11 Å². The quantitative estimate of drug-likeness (QED) is 0.290. The number of phenolic OH excluding ortho intramolecular Hbond substituents is 1. The van der Waals surface area contributed by atoms with Gasteiger partial charge in [-0.05, 0) is 103 Å². The first kappa shape index (κ1) is 14.6. The highest BCUT2D eigenvalue weighted by Gasteiger charge is 2.06. The number of phenols is 1. The Morgan fingerprint density at radius 3 is 1.33 bits per heavy atom. The predicted molar refractivity (Wildman–Crippen MR) is 116 cm³/mol. The molecule has 0 radical (unpaired) electrons. The smallest absolute Gasteiger partial charge is 0.123 e. The number of hydrogen-bond acceptors (Lipinski definition) is 1. The Balaban J connectivity index is 1.71. The van der Waals surface area contributed by atoms with E-state index in [0.717, 1.165) is 16.2 Å². The number of fused-ring (bicyclic) bond motifs is 5. The van der Waals surface area contributed by atoms with Crippen LogP contribution < -0.4 is 0 Å². The van der Waals surface area contributed by atoms with Gasteiger partial charge in [-0.15, -0.1) is 0 Å². The van der Waals surface area contributed by atoms with Crippen molar-refractivity contribution in [2.45, 2.75) is 0 Å². The molecule has 0 atom stereocenters. The standard InChI is InChI=1S/C26H16O/c27-26-7-3-6-18-10-21-13-22-11-19-8-16-4-1-2-5-17(16)9-20(19)12-23(22)14-24(21)15-25(18)26/h1-15,27H. The lowest BCUT2D eigenvalue weighted by Crippen LogP contribution is -1.82. The van der Waals surface area contributed by atoms with E-state index in [1.165, 1.54) is 37.7 Å². The second-order valence-corrected chi connectivity index (χ2v) is 7.30. The van der Waals surface area contributed by atoms with Gasteiger partial charge in [0.05, 0.1) is 0 Å². The molecule has 1 heteroatoms. The molecule has 0 aromatic heterocycles. The summed E-state index contributed by atoms with van der Waals surface area (Å²) < 4.78 is 0. The summed E-state index contributed by atoms with van der Waals surface area (Å²) in [5.41, 5.74) is 0. The fraction of sp³-hybridized carbons (Fsp3) is 0. The van der Waals surface area contributed by atoms with Crippen LogP contribution in [0.3, 0.4) is 0 Å². The molecule has 0 saturated carbocycles. The molecule has 0 saturated heterocycles. The highest BCUT2D eigenvalue weighted by Crippen LogP contribution is 2.33. The third-order valence-electron chi connectivity index (χ3n) is 5.59. The first-order valence-corrected chi connectivity index (χ1v) is 9.16. The molecule has 0 spiro atoms. The minimum atomic E-state index is 0.333. The van der Waals surface area contributed by atoms with E-state index in [1.54, 1.807) is 6.07 Å². The van der Waals surface area contributed by atoms with Crippen molar-refractivity contribution in [2.24, 2.45) is 0 Å². The van der Waals surface area contributed by atoms with Crippen LogP contribution in [0.2, 0.25) is 0 Å². The first-order chi connectivity index (χ1) is 13.2. The van der Waals surface area contributed by atoms with Gasteiger partial charge in [-0.3, -0.25) is 0 Å². The first-order valence-electron chi connectivity index (χ1n) is 9.16. The fourth-order valence-electron chi connectivity index (χ4n) is 4.21. The predicted octanol–water partition coefficient (Wildman–Crippen LogP) is 7.16. The summed E-state index contributed by atoms with van der Waals surface area (Å²) in [6.07, 6.45) is 0. The Morgan fingerprint density at radius 2 is 0.778 bits per heavy atom. The summed E-state index contributed by atoms with van der Waals surface area (Å²) in [5.74, 6) is 0.333. The van der Waals surface area contributed by atoms with Crippen molar-refractivity contribution in [1.82, 2.24) is 0 Å². The fourth-order valence-corrected chi connectivity index (χ4v) is 4.21. The van der Waals surface area contributed by atoms with E-state index in [0.29, 0.717) is 5.75 Å². The van der Waals surface area contributed by atoms with Crippen LogP contribution in [0.25, 0.3) is 53.9 Å². The van der Waals surface area contributed by atoms with Crippen LogP contribution in [-0.2, 0) is 0 Å². The summed E-state index contributed by atoms with van der Waals surface area (Å²) in [7, 11) is 0. The molecular formula is C26H16O. The molecule has 0 aliphatic carbocycles. The molecule has 0 fully saturated rings. The zero-order valence-electron chi connectivity index (χ0n) is 14.6. The monoisotopic (exact) mass is 344 g/mol. The maximum absolute atomic E-state index is 10.2. The molecule has 0 amide bonds. The molecular weight excluding hydrogens is 328 g/mol. The maximum Gasteiger partial charge on any atom is 0.123 e. The minimum absolute atomic E-state index is 0.333. The minimum Gasteiger partial charge on any atom is -0.507 e. The normalized spacial score (nSPS) is 11.9. The summed E-state index contributed by atoms with van der Waals surface area (Å²) in [6, 6.07) is 32.0. The van der Waals surface area contributed by atoms with Gasteiger partial charge >= 0.3 is 0 Å². The van der Waals surface area contributed by atoms with Crippen LogP contribution >= 0.6 is 0 Å². The maximum atomic E-state index is 10.2. The van der Waals surface area contributed by atoms with E-state index < -0.39 is 0 Å². The van der Waals surface area contributed by atoms with Crippen LogP contribution in [0.1, 0.15) is 0 Å². The Labute approximate surface area is 156 Å². The van der Waals surface area contributed by atoms with Gasteiger partial charge in [0.15, 0.2) is 0 Å². The highest BCUT2D eigenvalue weighted by molar-refractivity contribution is 6.10. The Hall–Kier alpha value is -3.58. The molecule has 1 nitrogen and oxygen atoms in total. The van der Waals surface area contributed by atoms with E-state index in [2.05, 4.69) is 72.8 Å². The average molecular weight is 344 g/mol. The molecule has 6 aromatic carbocycles. The van der Waals surface area contributed by atoms with Crippen molar-refractivity contribution < 1.29 is 5.11 Å². The molecule has 0 unspecified atom stereocenters. The van der Waals surface area contributed by atoms with Crippen LogP contribution in [0.4, 0.5) is 0 Å². The summed E-state index contributed by atoms with van der Waals surface area (Å²) >= 11 is 0. The summed E-state index contributed by atoms with van der Waals surface area (Å²) in [6.45, 7) is 0. The molecule has 0 bridgehead atoms. The van der Waals surface area contributed by atoms with E-state index in [-0.39, 0.29) is 0 Å². The summed E-state index contributed by atoms with van der Waals surface area (Å²) in [4.78, 5) is 0. The van der Waals surface area contributed by atoms with Crippen molar-refractivity contribution >= 4 is 53.9 Å². The van der Waals surface area contributed by atoms with Crippen molar-refractivity contribution in [3.8, 4) is 5.75 Å². The van der Waals surface area contributed by atoms with Crippen LogP contribution in [0, 0.1) is 0 Å².